The van der Waals surface area contributed by atoms with Crippen LogP contribution >= 0.6 is 0 Å². The molecule has 4 atom stereocenters. The molecule has 0 heterocycles. The predicted octanol–water partition coefficient (Wildman–Crippen LogP) is 8.50. The Hall–Kier alpha value is -2.73. The number of halogens is 3. The number of rotatable bonds is 5. The van der Waals surface area contributed by atoms with Gasteiger partial charge in [0, 0.05) is 5.56 Å². The van der Waals surface area contributed by atoms with Crippen LogP contribution in [-0.2, 0) is 6.42 Å². The molecule has 3 heteroatoms. The molecule has 0 spiro atoms. The molecule has 2 aromatic rings. The lowest BCUT2D eigenvalue weighted by Gasteiger charge is -2.41. The van der Waals surface area contributed by atoms with Crippen LogP contribution < -0.4 is 0 Å². The predicted molar refractivity (Wildman–Crippen MR) is 133 cm³/mol. The Labute approximate surface area is 202 Å². The Bertz CT molecular complexity index is 1090. The zero-order chi connectivity index (χ0) is 24.1. The number of benzene rings is 2. The average Bonchev–Trinajstić information content (AvgIpc) is 2.84. The van der Waals surface area contributed by atoms with Gasteiger partial charge in [0.25, 0.3) is 0 Å². The van der Waals surface area contributed by atoms with Crippen molar-refractivity contribution < 1.29 is 13.2 Å². The molecule has 0 amide bonds. The monoisotopic (exact) mass is 462 g/mol. The van der Waals surface area contributed by atoms with Gasteiger partial charge < -0.3 is 0 Å². The zero-order valence-corrected chi connectivity index (χ0v) is 19.9. The Balaban J connectivity index is 1.46. The van der Waals surface area contributed by atoms with E-state index in [0.717, 1.165) is 31.2 Å². The maximum absolute atomic E-state index is 14.9. The van der Waals surface area contributed by atoms with Crippen LogP contribution in [0.2, 0.25) is 0 Å². The molecule has 0 aromatic heterocycles. The second kappa shape index (κ2) is 11.1. The van der Waals surface area contributed by atoms with E-state index in [-0.39, 0.29) is 17.3 Å². The first-order chi connectivity index (χ1) is 16.5. The van der Waals surface area contributed by atoms with E-state index in [4.69, 9.17) is 0 Å². The van der Waals surface area contributed by atoms with E-state index in [1.165, 1.54) is 37.5 Å². The van der Waals surface area contributed by atoms with E-state index in [0.29, 0.717) is 35.3 Å². The van der Waals surface area contributed by atoms with E-state index >= 15 is 0 Å². The van der Waals surface area contributed by atoms with Crippen LogP contribution in [-0.4, -0.2) is 0 Å². The fraction of sp³-hybridized carbons (Fsp3) is 0.419. The smallest absolute Gasteiger partial charge is 0.142 e. The topological polar surface area (TPSA) is 0 Å². The van der Waals surface area contributed by atoms with Crippen molar-refractivity contribution in [3.8, 4) is 11.8 Å². The third kappa shape index (κ3) is 5.66. The lowest BCUT2D eigenvalue weighted by Crippen LogP contribution is -2.30. The molecule has 2 aromatic carbocycles. The first-order valence-electron chi connectivity index (χ1n) is 12.5. The van der Waals surface area contributed by atoms with Crippen molar-refractivity contribution in [3.05, 3.63) is 94.8 Å². The molecule has 2 aliphatic carbocycles. The van der Waals surface area contributed by atoms with Crippen LogP contribution in [0.25, 0.3) is 0 Å². The van der Waals surface area contributed by atoms with Gasteiger partial charge in [-0.15, -0.1) is 6.58 Å². The number of hydrogen-bond donors (Lipinski definition) is 0. The van der Waals surface area contributed by atoms with Crippen molar-refractivity contribution in [2.24, 2.45) is 17.8 Å². The number of aryl methyl sites for hydroxylation is 1. The fourth-order valence-electron chi connectivity index (χ4n) is 5.76. The highest BCUT2D eigenvalue weighted by atomic mass is 19.1. The van der Waals surface area contributed by atoms with Gasteiger partial charge in [0.1, 0.15) is 17.5 Å². The molecule has 4 unspecified atom stereocenters. The van der Waals surface area contributed by atoms with Crippen molar-refractivity contribution in [2.75, 3.05) is 0 Å². The van der Waals surface area contributed by atoms with Crippen molar-refractivity contribution in [1.82, 2.24) is 0 Å². The SMILES string of the molecule is C=CC1CCC2CC(c3cc(F)c(C#Cc4ccc(CC/C=C/C)c(F)c4)c(F)c3)CCC2C1. The lowest BCUT2D eigenvalue weighted by atomic mass is 9.64. The average molecular weight is 463 g/mol. The van der Waals surface area contributed by atoms with Gasteiger partial charge >= 0.3 is 0 Å². The summed E-state index contributed by atoms with van der Waals surface area (Å²) in [6, 6.07) is 7.64. The zero-order valence-electron chi connectivity index (χ0n) is 19.9. The maximum Gasteiger partial charge on any atom is 0.142 e. The molecule has 4 rings (SSSR count). The minimum atomic E-state index is -0.636. The summed E-state index contributed by atoms with van der Waals surface area (Å²) in [5, 5.41) is 0. The number of fused-ring (bicyclic) bond motifs is 1. The molecule has 0 bridgehead atoms. The molecule has 0 saturated heterocycles. The Morgan fingerprint density at radius 1 is 0.912 bits per heavy atom. The number of hydrogen-bond acceptors (Lipinski definition) is 0. The summed E-state index contributed by atoms with van der Waals surface area (Å²) >= 11 is 0. The first kappa shape index (κ1) is 24.4. The summed E-state index contributed by atoms with van der Waals surface area (Å²) in [5.74, 6) is 5.87. The fourth-order valence-corrected chi connectivity index (χ4v) is 5.76. The molecule has 0 N–H and O–H groups in total. The lowest BCUT2D eigenvalue weighted by molar-refractivity contribution is 0.133. The summed E-state index contributed by atoms with van der Waals surface area (Å²) in [6.07, 6.45) is 14.0. The summed E-state index contributed by atoms with van der Waals surface area (Å²) in [5.41, 5.74) is 1.50. The Morgan fingerprint density at radius 2 is 1.65 bits per heavy atom. The quantitative estimate of drug-likeness (QED) is 0.309. The van der Waals surface area contributed by atoms with Gasteiger partial charge in [-0.25, -0.2) is 13.2 Å². The van der Waals surface area contributed by atoms with Gasteiger partial charge in [0.2, 0.25) is 0 Å². The third-order valence-electron chi connectivity index (χ3n) is 7.72. The van der Waals surface area contributed by atoms with Crippen LogP contribution in [0.15, 0.2) is 55.1 Å². The van der Waals surface area contributed by atoms with Gasteiger partial charge in [-0.05, 0) is 117 Å². The highest BCUT2D eigenvalue weighted by molar-refractivity contribution is 5.46. The minimum Gasteiger partial charge on any atom is -0.207 e. The van der Waals surface area contributed by atoms with E-state index < -0.39 is 11.6 Å². The van der Waals surface area contributed by atoms with Crippen LogP contribution in [0.3, 0.4) is 0 Å². The van der Waals surface area contributed by atoms with Gasteiger partial charge in [0.05, 0.1) is 5.56 Å². The standard InChI is InChI=1S/C31H33F3/c1-3-5-6-7-23-11-9-22(17-29(23)32)10-15-28-30(33)19-27(20-31(28)34)26-14-13-24-16-21(4-2)8-12-25(24)18-26/h3-5,9,11,17,19-21,24-26H,2,6-8,12-14,16,18H2,1H3/b5-3+. The molecule has 0 radical (unpaired) electrons. The summed E-state index contributed by atoms with van der Waals surface area (Å²) in [7, 11) is 0. The summed E-state index contributed by atoms with van der Waals surface area (Å²) in [6.45, 7) is 5.88. The minimum absolute atomic E-state index is 0.191. The van der Waals surface area contributed by atoms with Gasteiger partial charge in [-0.1, -0.05) is 36.1 Å². The third-order valence-corrected chi connectivity index (χ3v) is 7.72. The van der Waals surface area contributed by atoms with E-state index in [1.807, 2.05) is 19.1 Å². The van der Waals surface area contributed by atoms with Crippen LogP contribution in [0.4, 0.5) is 13.2 Å². The van der Waals surface area contributed by atoms with Gasteiger partial charge in [0.15, 0.2) is 0 Å². The van der Waals surface area contributed by atoms with Crippen molar-refractivity contribution >= 4 is 0 Å². The van der Waals surface area contributed by atoms with Crippen LogP contribution in [0.1, 0.15) is 80.0 Å². The van der Waals surface area contributed by atoms with Gasteiger partial charge in [-0.3, -0.25) is 0 Å². The second-order valence-corrected chi connectivity index (χ2v) is 9.86. The molecular weight excluding hydrogens is 429 g/mol. The molecular formula is C31H33F3. The van der Waals surface area contributed by atoms with E-state index in [9.17, 15) is 13.2 Å². The summed E-state index contributed by atoms with van der Waals surface area (Å²) in [4.78, 5) is 0. The summed E-state index contributed by atoms with van der Waals surface area (Å²) < 4.78 is 44.1. The number of allylic oxidation sites excluding steroid dienone is 3. The highest BCUT2D eigenvalue weighted by Gasteiger charge is 2.35. The molecule has 0 aliphatic heterocycles. The van der Waals surface area contributed by atoms with E-state index in [2.05, 4.69) is 24.5 Å². The van der Waals surface area contributed by atoms with Crippen molar-refractivity contribution in [1.29, 1.82) is 0 Å². The molecule has 2 aliphatic rings. The molecule has 2 saturated carbocycles. The molecule has 178 valence electrons. The van der Waals surface area contributed by atoms with Crippen molar-refractivity contribution in [2.45, 2.75) is 64.2 Å². The first-order valence-corrected chi connectivity index (χ1v) is 12.5. The van der Waals surface area contributed by atoms with Crippen molar-refractivity contribution in [3.63, 3.8) is 0 Å². The van der Waals surface area contributed by atoms with Gasteiger partial charge in [-0.2, -0.15) is 0 Å². The van der Waals surface area contributed by atoms with Crippen LogP contribution in [0.5, 0.6) is 0 Å². The molecule has 0 nitrogen and oxygen atoms in total. The van der Waals surface area contributed by atoms with E-state index in [1.54, 1.807) is 12.1 Å². The largest absolute Gasteiger partial charge is 0.207 e. The maximum atomic E-state index is 14.9. The Morgan fingerprint density at radius 3 is 2.35 bits per heavy atom. The second-order valence-electron chi connectivity index (χ2n) is 9.86. The molecule has 2 fully saturated rings. The molecule has 34 heavy (non-hydrogen) atoms. The van der Waals surface area contributed by atoms with Crippen LogP contribution in [0, 0.1) is 47.0 Å². The normalized spacial score (nSPS) is 24.4. The highest BCUT2D eigenvalue weighted by Crippen LogP contribution is 2.48. The Kier molecular flexibility index (Phi) is 7.99.